The summed E-state index contributed by atoms with van der Waals surface area (Å²) in [6.07, 6.45) is 4.56. The molecule has 2 fully saturated rings. The van der Waals surface area contributed by atoms with Crippen molar-refractivity contribution in [2.24, 2.45) is 0 Å². The van der Waals surface area contributed by atoms with Crippen LogP contribution < -0.4 is 5.32 Å². The van der Waals surface area contributed by atoms with Crippen LogP contribution in [0.5, 0.6) is 0 Å². The minimum atomic E-state index is -0.147. The molecule has 2 heterocycles. The average molecular weight is 242 g/mol. The van der Waals surface area contributed by atoms with Crippen molar-refractivity contribution in [1.82, 2.24) is 10.2 Å². The van der Waals surface area contributed by atoms with Crippen molar-refractivity contribution in [3.63, 3.8) is 0 Å². The van der Waals surface area contributed by atoms with Gasteiger partial charge in [0.2, 0.25) is 5.91 Å². The molecule has 0 aromatic rings. The zero-order chi connectivity index (χ0) is 11.6. The van der Waals surface area contributed by atoms with Crippen LogP contribution in [0.4, 0.5) is 0 Å². The van der Waals surface area contributed by atoms with Crippen molar-refractivity contribution in [2.75, 3.05) is 25.9 Å². The van der Waals surface area contributed by atoms with Crippen LogP contribution in [0.2, 0.25) is 0 Å². The standard InChI is InChI=1S/C12H22N2OS/c1-12(6-4-8-16-12)11(15)14(2)10-5-3-7-13-9-10/h10,13H,3-9H2,1-2H3. The second kappa shape index (κ2) is 4.96. The number of hydrogen-bond acceptors (Lipinski definition) is 3. The fraction of sp³-hybridized carbons (Fsp3) is 0.917. The molecule has 3 nitrogen and oxygen atoms in total. The highest BCUT2D eigenvalue weighted by molar-refractivity contribution is 8.01. The third kappa shape index (κ3) is 2.38. The quantitative estimate of drug-likeness (QED) is 0.796. The van der Waals surface area contributed by atoms with Crippen LogP contribution in [0.3, 0.4) is 0 Å². The molecule has 0 aromatic carbocycles. The number of carbonyl (C=O) groups is 1. The Morgan fingerprint density at radius 2 is 2.31 bits per heavy atom. The van der Waals surface area contributed by atoms with Crippen molar-refractivity contribution < 1.29 is 4.79 Å². The van der Waals surface area contributed by atoms with Crippen LogP contribution in [0, 0.1) is 0 Å². The van der Waals surface area contributed by atoms with Gasteiger partial charge in [-0.05, 0) is 44.9 Å². The van der Waals surface area contributed by atoms with Gasteiger partial charge in [-0.25, -0.2) is 0 Å². The first-order valence-electron chi connectivity index (χ1n) is 6.25. The highest BCUT2D eigenvalue weighted by Gasteiger charge is 2.40. The van der Waals surface area contributed by atoms with Crippen molar-refractivity contribution in [3.05, 3.63) is 0 Å². The van der Waals surface area contributed by atoms with E-state index in [4.69, 9.17) is 0 Å². The number of amides is 1. The molecule has 2 saturated heterocycles. The summed E-state index contributed by atoms with van der Waals surface area (Å²) in [6, 6.07) is 0.402. The lowest BCUT2D eigenvalue weighted by molar-refractivity contribution is -0.134. The molecule has 2 atom stereocenters. The molecular weight excluding hydrogens is 220 g/mol. The molecule has 0 aliphatic carbocycles. The summed E-state index contributed by atoms with van der Waals surface area (Å²) in [7, 11) is 1.98. The van der Waals surface area contributed by atoms with Crippen molar-refractivity contribution in [2.45, 2.75) is 43.4 Å². The Bertz CT molecular complexity index is 258. The van der Waals surface area contributed by atoms with Gasteiger partial charge in [0.05, 0.1) is 4.75 Å². The largest absolute Gasteiger partial charge is 0.340 e. The number of hydrogen-bond donors (Lipinski definition) is 1. The molecule has 2 aliphatic rings. The number of carbonyl (C=O) groups excluding carboxylic acids is 1. The van der Waals surface area contributed by atoms with E-state index < -0.39 is 0 Å². The molecule has 2 unspecified atom stereocenters. The van der Waals surface area contributed by atoms with Crippen molar-refractivity contribution >= 4 is 17.7 Å². The van der Waals surface area contributed by atoms with E-state index in [0.29, 0.717) is 11.9 Å². The first kappa shape index (κ1) is 12.2. The monoisotopic (exact) mass is 242 g/mol. The zero-order valence-corrected chi connectivity index (χ0v) is 11.1. The van der Waals surface area contributed by atoms with Gasteiger partial charge >= 0.3 is 0 Å². The highest BCUT2D eigenvalue weighted by Crippen LogP contribution is 2.39. The van der Waals surface area contributed by atoms with Gasteiger partial charge in [0.25, 0.3) is 0 Å². The average Bonchev–Trinajstić information content (AvgIpc) is 2.77. The van der Waals surface area contributed by atoms with Crippen LogP contribution in [0.15, 0.2) is 0 Å². The number of thioether (sulfide) groups is 1. The molecule has 0 radical (unpaired) electrons. The fourth-order valence-electron chi connectivity index (χ4n) is 2.65. The number of piperidine rings is 1. The topological polar surface area (TPSA) is 32.3 Å². The van der Waals surface area contributed by atoms with Gasteiger partial charge in [-0.2, -0.15) is 0 Å². The van der Waals surface area contributed by atoms with E-state index in [1.54, 1.807) is 0 Å². The SMILES string of the molecule is CN(C(=O)C1(C)CCCS1)C1CCCNC1. The number of likely N-dealkylation sites (N-methyl/N-ethyl adjacent to an activating group) is 1. The summed E-state index contributed by atoms with van der Waals surface area (Å²) < 4.78 is -0.147. The van der Waals surface area contributed by atoms with Crippen LogP contribution in [0.1, 0.15) is 32.6 Å². The van der Waals surface area contributed by atoms with E-state index in [1.807, 2.05) is 23.7 Å². The van der Waals surface area contributed by atoms with Crippen molar-refractivity contribution in [3.8, 4) is 0 Å². The van der Waals surface area contributed by atoms with Crippen LogP contribution in [0.25, 0.3) is 0 Å². The van der Waals surface area contributed by atoms with Crippen molar-refractivity contribution in [1.29, 1.82) is 0 Å². The van der Waals surface area contributed by atoms with E-state index >= 15 is 0 Å². The normalized spacial score (nSPS) is 35.0. The molecule has 0 spiro atoms. The van der Waals surface area contributed by atoms with E-state index in [9.17, 15) is 4.79 Å². The third-order valence-corrected chi connectivity index (χ3v) is 5.32. The third-order valence-electron chi connectivity index (χ3n) is 3.81. The fourth-order valence-corrected chi connectivity index (χ4v) is 3.95. The van der Waals surface area contributed by atoms with Gasteiger partial charge in [-0.15, -0.1) is 11.8 Å². The smallest absolute Gasteiger partial charge is 0.238 e. The van der Waals surface area contributed by atoms with Gasteiger partial charge in [-0.3, -0.25) is 4.79 Å². The van der Waals surface area contributed by atoms with Gasteiger partial charge in [-0.1, -0.05) is 0 Å². The molecule has 92 valence electrons. The molecule has 1 amide bonds. The van der Waals surface area contributed by atoms with Crippen LogP contribution >= 0.6 is 11.8 Å². The summed E-state index contributed by atoms with van der Waals surface area (Å²) in [5, 5.41) is 3.37. The van der Waals surface area contributed by atoms with E-state index in [2.05, 4.69) is 12.2 Å². The minimum absolute atomic E-state index is 0.147. The van der Waals surface area contributed by atoms with Gasteiger partial charge in [0.1, 0.15) is 0 Å². The molecule has 4 heteroatoms. The van der Waals surface area contributed by atoms with Crippen LogP contribution in [-0.4, -0.2) is 47.5 Å². The van der Waals surface area contributed by atoms with Gasteiger partial charge in [0, 0.05) is 19.6 Å². The Labute approximate surface area is 102 Å². The number of rotatable bonds is 2. The Morgan fingerprint density at radius 3 is 2.88 bits per heavy atom. The van der Waals surface area contributed by atoms with Gasteiger partial charge in [0.15, 0.2) is 0 Å². The Hall–Kier alpha value is -0.220. The lowest BCUT2D eigenvalue weighted by Crippen LogP contribution is -2.51. The molecular formula is C12H22N2OS. The molecule has 0 aromatic heterocycles. The van der Waals surface area contributed by atoms with E-state index in [0.717, 1.165) is 31.7 Å². The molecule has 1 N–H and O–H groups in total. The lowest BCUT2D eigenvalue weighted by atomic mass is 10.0. The Morgan fingerprint density at radius 1 is 1.50 bits per heavy atom. The predicted octanol–water partition coefficient (Wildman–Crippen LogP) is 1.48. The van der Waals surface area contributed by atoms with Crippen LogP contribution in [-0.2, 0) is 4.79 Å². The Kier molecular flexibility index (Phi) is 3.80. The second-order valence-electron chi connectivity index (χ2n) is 5.10. The molecule has 2 rings (SSSR count). The van der Waals surface area contributed by atoms with Gasteiger partial charge < -0.3 is 10.2 Å². The first-order chi connectivity index (χ1) is 7.63. The second-order valence-corrected chi connectivity index (χ2v) is 6.70. The minimum Gasteiger partial charge on any atom is -0.340 e. The molecule has 0 saturated carbocycles. The highest BCUT2D eigenvalue weighted by atomic mass is 32.2. The maximum atomic E-state index is 12.4. The summed E-state index contributed by atoms with van der Waals surface area (Å²) in [5.41, 5.74) is 0. The molecule has 16 heavy (non-hydrogen) atoms. The number of nitrogens with one attached hydrogen (secondary N) is 1. The first-order valence-corrected chi connectivity index (χ1v) is 7.24. The summed E-state index contributed by atoms with van der Waals surface area (Å²) in [4.78, 5) is 14.4. The maximum absolute atomic E-state index is 12.4. The molecule has 0 bridgehead atoms. The van der Waals surface area contributed by atoms with E-state index in [1.165, 1.54) is 12.8 Å². The zero-order valence-electron chi connectivity index (χ0n) is 10.3. The predicted molar refractivity (Wildman–Crippen MR) is 68.8 cm³/mol. The summed E-state index contributed by atoms with van der Waals surface area (Å²) >= 11 is 1.83. The Balaban J connectivity index is 1.97. The number of nitrogens with zero attached hydrogens (tertiary/aromatic N) is 1. The summed E-state index contributed by atoms with van der Waals surface area (Å²) in [6.45, 7) is 4.17. The summed E-state index contributed by atoms with van der Waals surface area (Å²) in [5.74, 6) is 1.47. The lowest BCUT2D eigenvalue weighted by Gasteiger charge is -2.36. The maximum Gasteiger partial charge on any atom is 0.238 e. The molecule has 2 aliphatic heterocycles. The van der Waals surface area contributed by atoms with E-state index in [-0.39, 0.29) is 4.75 Å².